The Labute approximate surface area is 95.0 Å². The predicted octanol–water partition coefficient (Wildman–Crippen LogP) is 2.79. The first-order chi connectivity index (χ1) is 7.22. The number of aryl methyl sites for hydroxylation is 1. The standard InChI is InChI=1S/C12H16O2S/c1-3-14-12(13)9-15-8-11-6-4-10(2)5-7-11/h4-7H,3,8-9H2,1-2H3. The zero-order valence-corrected chi connectivity index (χ0v) is 9.97. The first kappa shape index (κ1) is 12.1. The molecule has 0 aliphatic heterocycles. The van der Waals surface area contributed by atoms with Crippen molar-refractivity contribution in [2.45, 2.75) is 19.6 Å². The molecule has 3 heteroatoms. The van der Waals surface area contributed by atoms with Crippen LogP contribution < -0.4 is 0 Å². The lowest BCUT2D eigenvalue weighted by Crippen LogP contribution is -2.06. The van der Waals surface area contributed by atoms with Crippen LogP contribution in [0, 0.1) is 6.92 Å². The topological polar surface area (TPSA) is 26.3 Å². The average Bonchev–Trinajstić information content (AvgIpc) is 2.21. The van der Waals surface area contributed by atoms with Crippen molar-refractivity contribution in [3.63, 3.8) is 0 Å². The molecular formula is C12H16O2S. The van der Waals surface area contributed by atoms with Gasteiger partial charge in [-0.3, -0.25) is 4.79 Å². The molecule has 0 unspecified atom stereocenters. The molecular weight excluding hydrogens is 208 g/mol. The van der Waals surface area contributed by atoms with E-state index in [0.717, 1.165) is 5.75 Å². The highest BCUT2D eigenvalue weighted by Gasteiger charge is 2.01. The van der Waals surface area contributed by atoms with Crippen LogP contribution in [-0.2, 0) is 15.3 Å². The first-order valence-corrected chi connectivity index (χ1v) is 6.16. The Kier molecular flexibility index (Phi) is 5.26. The third kappa shape index (κ3) is 4.88. The van der Waals surface area contributed by atoms with E-state index in [1.807, 2.05) is 6.92 Å². The van der Waals surface area contributed by atoms with Crippen LogP contribution in [-0.4, -0.2) is 18.3 Å². The summed E-state index contributed by atoms with van der Waals surface area (Å²) in [5.74, 6) is 1.16. The molecule has 82 valence electrons. The van der Waals surface area contributed by atoms with Gasteiger partial charge in [-0.15, -0.1) is 11.8 Å². The summed E-state index contributed by atoms with van der Waals surface area (Å²) in [7, 11) is 0. The Morgan fingerprint density at radius 1 is 1.33 bits per heavy atom. The Bertz CT molecular complexity index is 306. The van der Waals surface area contributed by atoms with Crippen molar-refractivity contribution < 1.29 is 9.53 Å². The molecule has 0 heterocycles. The summed E-state index contributed by atoms with van der Waals surface area (Å²) in [6.07, 6.45) is 0. The monoisotopic (exact) mass is 224 g/mol. The Morgan fingerprint density at radius 3 is 2.60 bits per heavy atom. The van der Waals surface area contributed by atoms with Gasteiger partial charge in [-0.05, 0) is 19.4 Å². The number of hydrogen-bond donors (Lipinski definition) is 0. The van der Waals surface area contributed by atoms with Crippen LogP contribution >= 0.6 is 11.8 Å². The van der Waals surface area contributed by atoms with E-state index >= 15 is 0 Å². The fraction of sp³-hybridized carbons (Fsp3) is 0.417. The van der Waals surface area contributed by atoms with Crippen molar-refractivity contribution in [3.05, 3.63) is 35.4 Å². The molecule has 1 aromatic carbocycles. The smallest absolute Gasteiger partial charge is 0.315 e. The average molecular weight is 224 g/mol. The molecule has 0 amide bonds. The fourth-order valence-electron chi connectivity index (χ4n) is 1.14. The molecule has 0 spiro atoms. The van der Waals surface area contributed by atoms with Gasteiger partial charge in [0, 0.05) is 5.75 Å². The van der Waals surface area contributed by atoms with Gasteiger partial charge in [0.05, 0.1) is 12.4 Å². The third-order valence-electron chi connectivity index (χ3n) is 1.91. The molecule has 0 saturated carbocycles. The number of rotatable bonds is 5. The molecule has 1 aromatic rings. The maximum atomic E-state index is 11.0. The van der Waals surface area contributed by atoms with E-state index in [2.05, 4.69) is 31.2 Å². The molecule has 2 nitrogen and oxygen atoms in total. The molecule has 0 aliphatic rings. The molecule has 1 rings (SSSR count). The highest BCUT2D eigenvalue weighted by molar-refractivity contribution is 7.99. The van der Waals surface area contributed by atoms with Crippen molar-refractivity contribution in [1.29, 1.82) is 0 Å². The lowest BCUT2D eigenvalue weighted by molar-refractivity contribution is -0.139. The maximum Gasteiger partial charge on any atom is 0.315 e. The molecule has 0 bridgehead atoms. The quantitative estimate of drug-likeness (QED) is 0.719. The SMILES string of the molecule is CCOC(=O)CSCc1ccc(C)cc1. The Hall–Kier alpha value is -0.960. The summed E-state index contributed by atoms with van der Waals surface area (Å²) >= 11 is 1.59. The van der Waals surface area contributed by atoms with E-state index in [0.29, 0.717) is 12.4 Å². The number of esters is 1. The van der Waals surface area contributed by atoms with E-state index in [9.17, 15) is 4.79 Å². The highest BCUT2D eigenvalue weighted by atomic mass is 32.2. The Balaban J connectivity index is 2.26. The molecule has 0 aromatic heterocycles. The fourth-order valence-corrected chi connectivity index (χ4v) is 1.92. The minimum atomic E-state index is -0.130. The summed E-state index contributed by atoms with van der Waals surface area (Å²) in [6.45, 7) is 4.35. The lowest BCUT2D eigenvalue weighted by Gasteiger charge is -2.02. The van der Waals surface area contributed by atoms with Crippen LogP contribution in [0.15, 0.2) is 24.3 Å². The summed E-state index contributed by atoms with van der Waals surface area (Å²) in [6, 6.07) is 8.35. The van der Waals surface area contributed by atoms with E-state index in [1.165, 1.54) is 11.1 Å². The molecule has 0 radical (unpaired) electrons. The predicted molar refractivity (Wildman–Crippen MR) is 64.0 cm³/mol. The van der Waals surface area contributed by atoms with Crippen molar-refractivity contribution >= 4 is 17.7 Å². The van der Waals surface area contributed by atoms with E-state index < -0.39 is 0 Å². The van der Waals surface area contributed by atoms with Gasteiger partial charge in [-0.1, -0.05) is 29.8 Å². The number of ether oxygens (including phenoxy) is 1. The maximum absolute atomic E-state index is 11.0. The van der Waals surface area contributed by atoms with Gasteiger partial charge in [0.15, 0.2) is 0 Å². The van der Waals surface area contributed by atoms with Crippen molar-refractivity contribution in [1.82, 2.24) is 0 Å². The minimum absolute atomic E-state index is 0.130. The molecule has 0 aliphatic carbocycles. The zero-order chi connectivity index (χ0) is 11.1. The normalized spacial score (nSPS) is 10.0. The van der Waals surface area contributed by atoms with Gasteiger partial charge in [-0.25, -0.2) is 0 Å². The van der Waals surface area contributed by atoms with Crippen LogP contribution in [0.25, 0.3) is 0 Å². The van der Waals surface area contributed by atoms with Crippen molar-refractivity contribution in [3.8, 4) is 0 Å². The molecule has 0 N–H and O–H groups in total. The van der Waals surface area contributed by atoms with Gasteiger partial charge < -0.3 is 4.74 Å². The molecule has 15 heavy (non-hydrogen) atoms. The van der Waals surface area contributed by atoms with Crippen LogP contribution in [0.2, 0.25) is 0 Å². The van der Waals surface area contributed by atoms with E-state index in [4.69, 9.17) is 4.74 Å². The zero-order valence-electron chi connectivity index (χ0n) is 9.16. The second kappa shape index (κ2) is 6.51. The number of benzene rings is 1. The van der Waals surface area contributed by atoms with Gasteiger partial charge in [0.2, 0.25) is 0 Å². The minimum Gasteiger partial charge on any atom is -0.465 e. The summed E-state index contributed by atoms with van der Waals surface area (Å²) in [5.41, 5.74) is 2.50. The van der Waals surface area contributed by atoms with Gasteiger partial charge in [0.1, 0.15) is 0 Å². The van der Waals surface area contributed by atoms with Crippen LogP contribution in [0.1, 0.15) is 18.1 Å². The largest absolute Gasteiger partial charge is 0.465 e. The first-order valence-electron chi connectivity index (χ1n) is 5.01. The molecule has 0 fully saturated rings. The highest BCUT2D eigenvalue weighted by Crippen LogP contribution is 2.12. The van der Waals surface area contributed by atoms with Crippen molar-refractivity contribution in [2.75, 3.05) is 12.4 Å². The number of hydrogen-bond acceptors (Lipinski definition) is 3. The van der Waals surface area contributed by atoms with Crippen LogP contribution in [0.4, 0.5) is 0 Å². The van der Waals surface area contributed by atoms with Crippen LogP contribution in [0.5, 0.6) is 0 Å². The summed E-state index contributed by atoms with van der Waals surface area (Å²) in [4.78, 5) is 11.0. The Morgan fingerprint density at radius 2 is 2.00 bits per heavy atom. The van der Waals surface area contributed by atoms with Gasteiger partial charge >= 0.3 is 5.97 Å². The van der Waals surface area contributed by atoms with Gasteiger partial charge in [-0.2, -0.15) is 0 Å². The van der Waals surface area contributed by atoms with E-state index in [1.54, 1.807) is 11.8 Å². The second-order valence-electron chi connectivity index (χ2n) is 3.28. The van der Waals surface area contributed by atoms with Crippen molar-refractivity contribution in [2.24, 2.45) is 0 Å². The molecule has 0 saturated heterocycles. The number of carbonyl (C=O) groups is 1. The third-order valence-corrected chi connectivity index (χ3v) is 2.89. The van der Waals surface area contributed by atoms with Crippen LogP contribution in [0.3, 0.4) is 0 Å². The summed E-state index contributed by atoms with van der Waals surface area (Å²) in [5, 5.41) is 0. The van der Waals surface area contributed by atoms with E-state index in [-0.39, 0.29) is 5.97 Å². The molecule has 0 atom stereocenters. The second-order valence-corrected chi connectivity index (χ2v) is 4.27. The lowest BCUT2D eigenvalue weighted by atomic mass is 10.2. The number of carbonyl (C=O) groups excluding carboxylic acids is 1. The summed E-state index contributed by atoms with van der Waals surface area (Å²) < 4.78 is 4.84. The number of thioether (sulfide) groups is 1. The van der Waals surface area contributed by atoms with Gasteiger partial charge in [0.25, 0.3) is 0 Å².